The molecule has 4 rings (SSSR count). The quantitative estimate of drug-likeness (QED) is 0.763. The number of nitrogens with zero attached hydrogens (tertiary/aromatic N) is 4. The highest BCUT2D eigenvalue weighted by Crippen LogP contribution is 2.28. The van der Waals surface area contributed by atoms with Crippen molar-refractivity contribution in [2.24, 2.45) is 12.8 Å². The number of anilines is 1. The predicted octanol–water partition coefficient (Wildman–Crippen LogP) is 0.845. The first-order valence-corrected chi connectivity index (χ1v) is 8.82. The molecule has 0 radical (unpaired) electrons. The minimum Gasteiger partial charge on any atom is -0.352 e. The molecule has 2 unspecified atom stereocenters. The second kappa shape index (κ2) is 6.44. The van der Waals surface area contributed by atoms with E-state index in [4.69, 9.17) is 5.73 Å². The molecule has 1 saturated carbocycles. The van der Waals surface area contributed by atoms with Gasteiger partial charge in [-0.3, -0.25) is 9.48 Å². The number of nitrogens with two attached hydrogens (primary N) is 1. The smallest absolute Gasteiger partial charge is 0.255 e. The molecular weight excluding hydrogens is 318 g/mol. The standard InChI is InChI=1S/C17H23N7O/c1-24-9-10(8-20-24)15-14-13(6-7-19-16(14)25)22-17(23-15)21-12-5-3-2-4-11(12)18/h8-9,11-12H,2-7,18H2,1H3,(H,19,25)(H,21,22,23). The Kier molecular flexibility index (Phi) is 4.12. The number of hydrogen-bond donors (Lipinski definition) is 3. The summed E-state index contributed by atoms with van der Waals surface area (Å²) in [6.07, 6.45) is 8.65. The molecule has 1 amide bonds. The minimum atomic E-state index is -0.124. The molecule has 1 aliphatic heterocycles. The SMILES string of the molecule is Cn1cc(-c2nc(NC3CCCCC3N)nc3c2C(=O)NCC3)cn1. The van der Waals surface area contributed by atoms with Crippen molar-refractivity contribution in [3.63, 3.8) is 0 Å². The third-order valence-electron chi connectivity index (χ3n) is 4.97. The molecule has 3 heterocycles. The maximum atomic E-state index is 12.4. The highest BCUT2D eigenvalue weighted by Gasteiger charge is 2.27. The van der Waals surface area contributed by atoms with Gasteiger partial charge in [-0.05, 0) is 12.8 Å². The van der Waals surface area contributed by atoms with Crippen LogP contribution in [0.4, 0.5) is 5.95 Å². The molecule has 25 heavy (non-hydrogen) atoms. The van der Waals surface area contributed by atoms with Crippen LogP contribution in [0.1, 0.15) is 41.7 Å². The third-order valence-corrected chi connectivity index (χ3v) is 4.97. The Labute approximate surface area is 146 Å². The zero-order valence-corrected chi connectivity index (χ0v) is 14.3. The molecule has 4 N–H and O–H groups in total. The van der Waals surface area contributed by atoms with Gasteiger partial charge < -0.3 is 16.4 Å². The molecule has 2 aromatic rings. The van der Waals surface area contributed by atoms with Gasteiger partial charge in [-0.15, -0.1) is 0 Å². The van der Waals surface area contributed by atoms with Crippen LogP contribution in [-0.2, 0) is 13.5 Å². The molecule has 0 aromatic carbocycles. The Morgan fingerprint density at radius 2 is 2.16 bits per heavy atom. The normalized spacial score (nSPS) is 23.0. The van der Waals surface area contributed by atoms with Gasteiger partial charge in [0.15, 0.2) is 0 Å². The lowest BCUT2D eigenvalue weighted by Crippen LogP contribution is -2.43. The number of amides is 1. The van der Waals surface area contributed by atoms with E-state index in [0.717, 1.165) is 30.5 Å². The fourth-order valence-electron chi connectivity index (χ4n) is 3.63. The first-order valence-electron chi connectivity index (χ1n) is 8.82. The van der Waals surface area contributed by atoms with Crippen LogP contribution in [-0.4, -0.2) is 44.3 Å². The van der Waals surface area contributed by atoms with Crippen molar-refractivity contribution in [2.45, 2.75) is 44.2 Å². The molecule has 8 heteroatoms. The van der Waals surface area contributed by atoms with Crippen LogP contribution in [0.5, 0.6) is 0 Å². The van der Waals surface area contributed by atoms with E-state index in [2.05, 4.69) is 25.7 Å². The van der Waals surface area contributed by atoms with Crippen molar-refractivity contribution < 1.29 is 4.79 Å². The van der Waals surface area contributed by atoms with Crippen molar-refractivity contribution in [3.05, 3.63) is 23.7 Å². The molecule has 8 nitrogen and oxygen atoms in total. The van der Waals surface area contributed by atoms with Gasteiger partial charge in [0.05, 0.1) is 23.1 Å². The number of fused-ring (bicyclic) bond motifs is 1. The fraction of sp³-hybridized carbons (Fsp3) is 0.529. The molecule has 1 aliphatic carbocycles. The second-order valence-corrected chi connectivity index (χ2v) is 6.83. The summed E-state index contributed by atoms with van der Waals surface area (Å²) in [5.74, 6) is 0.427. The van der Waals surface area contributed by atoms with Crippen molar-refractivity contribution in [1.82, 2.24) is 25.1 Å². The van der Waals surface area contributed by atoms with E-state index in [9.17, 15) is 4.79 Å². The topological polar surface area (TPSA) is 111 Å². The van der Waals surface area contributed by atoms with Crippen LogP contribution in [0, 0.1) is 0 Å². The molecule has 0 saturated heterocycles. The number of aryl methyl sites for hydroxylation is 1. The number of carbonyl (C=O) groups is 1. The number of aromatic nitrogens is 4. The molecule has 0 bridgehead atoms. The van der Waals surface area contributed by atoms with Gasteiger partial charge in [0, 0.05) is 43.9 Å². The summed E-state index contributed by atoms with van der Waals surface area (Å²) in [6, 6.07) is 0.282. The summed E-state index contributed by atoms with van der Waals surface area (Å²) >= 11 is 0. The van der Waals surface area contributed by atoms with E-state index in [0.29, 0.717) is 30.2 Å². The van der Waals surface area contributed by atoms with Crippen LogP contribution < -0.4 is 16.4 Å². The van der Waals surface area contributed by atoms with Crippen LogP contribution in [0.2, 0.25) is 0 Å². The van der Waals surface area contributed by atoms with Gasteiger partial charge in [0.25, 0.3) is 5.91 Å². The first-order chi connectivity index (χ1) is 12.1. The molecule has 2 aromatic heterocycles. The summed E-state index contributed by atoms with van der Waals surface area (Å²) < 4.78 is 1.70. The lowest BCUT2D eigenvalue weighted by molar-refractivity contribution is 0.0945. The van der Waals surface area contributed by atoms with Crippen molar-refractivity contribution in [2.75, 3.05) is 11.9 Å². The summed E-state index contributed by atoms with van der Waals surface area (Å²) in [5.41, 5.74) is 9.02. The van der Waals surface area contributed by atoms with Crippen molar-refractivity contribution in [3.8, 4) is 11.3 Å². The zero-order valence-electron chi connectivity index (χ0n) is 14.3. The van der Waals surface area contributed by atoms with Crippen LogP contribution in [0.3, 0.4) is 0 Å². The van der Waals surface area contributed by atoms with Crippen molar-refractivity contribution >= 4 is 11.9 Å². The Morgan fingerprint density at radius 1 is 1.32 bits per heavy atom. The highest BCUT2D eigenvalue weighted by atomic mass is 16.1. The molecule has 1 fully saturated rings. The number of rotatable bonds is 3. The first kappa shape index (κ1) is 16.0. The highest BCUT2D eigenvalue weighted by molar-refractivity contribution is 6.01. The zero-order chi connectivity index (χ0) is 17.4. The van der Waals surface area contributed by atoms with E-state index in [1.54, 1.807) is 10.9 Å². The molecule has 2 atom stereocenters. The number of nitrogens with one attached hydrogen (secondary N) is 2. The Balaban J connectivity index is 1.74. The Morgan fingerprint density at radius 3 is 2.92 bits per heavy atom. The lowest BCUT2D eigenvalue weighted by Gasteiger charge is -2.30. The second-order valence-electron chi connectivity index (χ2n) is 6.83. The molecule has 2 aliphatic rings. The van der Waals surface area contributed by atoms with E-state index < -0.39 is 0 Å². The molecule has 132 valence electrons. The van der Waals surface area contributed by atoms with Crippen LogP contribution in [0.15, 0.2) is 12.4 Å². The maximum Gasteiger partial charge on any atom is 0.255 e. The van der Waals surface area contributed by atoms with Crippen molar-refractivity contribution in [1.29, 1.82) is 0 Å². The predicted molar refractivity (Wildman–Crippen MR) is 94.1 cm³/mol. The Bertz CT molecular complexity index is 800. The van der Waals surface area contributed by atoms with E-state index in [1.165, 1.54) is 6.42 Å². The summed E-state index contributed by atoms with van der Waals surface area (Å²) in [4.78, 5) is 21.7. The largest absolute Gasteiger partial charge is 0.352 e. The van der Waals surface area contributed by atoms with E-state index in [1.807, 2.05) is 13.2 Å². The monoisotopic (exact) mass is 341 g/mol. The molecule has 0 spiro atoms. The van der Waals surface area contributed by atoms with E-state index >= 15 is 0 Å². The van der Waals surface area contributed by atoms with Gasteiger partial charge in [-0.1, -0.05) is 12.8 Å². The van der Waals surface area contributed by atoms with Gasteiger partial charge >= 0.3 is 0 Å². The van der Waals surface area contributed by atoms with Gasteiger partial charge in [0.1, 0.15) is 0 Å². The summed E-state index contributed by atoms with van der Waals surface area (Å²) in [6.45, 7) is 0.595. The average molecular weight is 341 g/mol. The van der Waals surface area contributed by atoms with E-state index in [-0.39, 0.29) is 18.0 Å². The van der Waals surface area contributed by atoms with Gasteiger partial charge in [-0.2, -0.15) is 5.10 Å². The Hall–Kier alpha value is -2.48. The average Bonchev–Trinajstić information content (AvgIpc) is 3.03. The lowest BCUT2D eigenvalue weighted by atomic mass is 9.91. The number of carbonyl (C=O) groups excluding carboxylic acids is 1. The number of hydrogen-bond acceptors (Lipinski definition) is 6. The minimum absolute atomic E-state index is 0.110. The van der Waals surface area contributed by atoms with Crippen LogP contribution >= 0.6 is 0 Å². The maximum absolute atomic E-state index is 12.4. The molecular formula is C17H23N7O. The van der Waals surface area contributed by atoms with Crippen LogP contribution in [0.25, 0.3) is 11.3 Å². The van der Waals surface area contributed by atoms with Gasteiger partial charge in [0.2, 0.25) is 5.95 Å². The summed E-state index contributed by atoms with van der Waals surface area (Å²) in [7, 11) is 1.84. The third kappa shape index (κ3) is 3.09. The fourth-order valence-corrected chi connectivity index (χ4v) is 3.63. The summed E-state index contributed by atoms with van der Waals surface area (Å²) in [5, 5.41) is 10.5. The van der Waals surface area contributed by atoms with Gasteiger partial charge in [-0.25, -0.2) is 9.97 Å².